The predicted octanol–water partition coefficient (Wildman–Crippen LogP) is 4.31. The third kappa shape index (κ3) is 4.25. The van der Waals surface area contributed by atoms with Gasteiger partial charge in [-0.05, 0) is 29.8 Å². The molecular weight excluding hydrogens is 344 g/mol. The average molecular weight is 356 g/mol. The Bertz CT molecular complexity index is 611. The molecule has 20 heavy (non-hydrogen) atoms. The maximum absolute atomic E-state index is 10.6. The van der Waals surface area contributed by atoms with Gasteiger partial charge in [-0.3, -0.25) is 4.79 Å². The van der Waals surface area contributed by atoms with Crippen LogP contribution in [0.2, 0.25) is 5.02 Å². The van der Waals surface area contributed by atoms with Crippen molar-refractivity contribution in [3.05, 3.63) is 63.1 Å². The van der Waals surface area contributed by atoms with Gasteiger partial charge in [0.05, 0.1) is 6.42 Å². The average Bonchev–Trinajstić information content (AvgIpc) is 2.39. The molecular formula is C15H12BrClO3. The van der Waals surface area contributed by atoms with Crippen molar-refractivity contribution in [2.45, 2.75) is 13.0 Å². The van der Waals surface area contributed by atoms with Crippen LogP contribution in [0, 0.1) is 0 Å². The van der Waals surface area contributed by atoms with E-state index in [2.05, 4.69) is 15.9 Å². The summed E-state index contributed by atoms with van der Waals surface area (Å²) in [5.41, 5.74) is 1.64. The molecule has 0 spiro atoms. The highest BCUT2D eigenvalue weighted by atomic mass is 79.9. The van der Waals surface area contributed by atoms with E-state index in [-0.39, 0.29) is 6.42 Å². The van der Waals surface area contributed by atoms with Gasteiger partial charge in [-0.1, -0.05) is 45.7 Å². The molecule has 0 fully saturated rings. The predicted molar refractivity (Wildman–Crippen MR) is 81.3 cm³/mol. The molecule has 0 aliphatic carbocycles. The van der Waals surface area contributed by atoms with Gasteiger partial charge in [0.1, 0.15) is 12.4 Å². The number of halogens is 2. The van der Waals surface area contributed by atoms with Gasteiger partial charge < -0.3 is 9.84 Å². The standard InChI is InChI=1S/C15H12BrClO3/c16-12-4-3-11(14(17)8-12)9-20-13-5-1-10(2-6-13)7-15(18)19/h1-6,8H,7,9H2,(H,18,19). The Morgan fingerprint density at radius 1 is 1.20 bits per heavy atom. The van der Waals surface area contributed by atoms with Crippen LogP contribution in [0.3, 0.4) is 0 Å². The number of hydrogen-bond donors (Lipinski definition) is 1. The molecule has 2 aromatic carbocycles. The SMILES string of the molecule is O=C(O)Cc1ccc(OCc2ccc(Br)cc2Cl)cc1. The van der Waals surface area contributed by atoms with Crippen molar-refractivity contribution in [2.24, 2.45) is 0 Å². The zero-order valence-corrected chi connectivity index (χ0v) is 12.8. The lowest BCUT2D eigenvalue weighted by Gasteiger charge is -2.08. The lowest BCUT2D eigenvalue weighted by atomic mass is 10.1. The van der Waals surface area contributed by atoms with E-state index < -0.39 is 5.97 Å². The molecule has 0 aliphatic heterocycles. The number of aliphatic carboxylic acids is 1. The maximum Gasteiger partial charge on any atom is 0.307 e. The van der Waals surface area contributed by atoms with Crippen molar-refractivity contribution in [2.75, 3.05) is 0 Å². The smallest absolute Gasteiger partial charge is 0.307 e. The van der Waals surface area contributed by atoms with Crippen molar-refractivity contribution in [3.8, 4) is 5.75 Å². The first-order chi connectivity index (χ1) is 9.54. The third-order valence-corrected chi connectivity index (χ3v) is 3.53. The quantitative estimate of drug-likeness (QED) is 0.869. The maximum atomic E-state index is 10.6. The summed E-state index contributed by atoms with van der Waals surface area (Å²) in [5, 5.41) is 9.33. The van der Waals surface area contributed by atoms with Crippen LogP contribution in [0.15, 0.2) is 46.9 Å². The summed E-state index contributed by atoms with van der Waals surface area (Å²) in [6.45, 7) is 0.365. The summed E-state index contributed by atoms with van der Waals surface area (Å²) >= 11 is 9.45. The van der Waals surface area contributed by atoms with Gasteiger partial charge in [-0.25, -0.2) is 0 Å². The first-order valence-electron chi connectivity index (χ1n) is 5.92. The minimum absolute atomic E-state index is 0.0127. The van der Waals surface area contributed by atoms with Crippen molar-refractivity contribution in [1.29, 1.82) is 0 Å². The summed E-state index contributed by atoms with van der Waals surface area (Å²) in [7, 11) is 0. The fourth-order valence-corrected chi connectivity index (χ4v) is 2.41. The van der Waals surface area contributed by atoms with E-state index in [0.717, 1.165) is 15.6 Å². The first-order valence-corrected chi connectivity index (χ1v) is 7.09. The van der Waals surface area contributed by atoms with Crippen LogP contribution < -0.4 is 4.74 Å². The Morgan fingerprint density at radius 2 is 1.90 bits per heavy atom. The molecule has 0 bridgehead atoms. The summed E-state index contributed by atoms with van der Waals surface area (Å²) in [5.74, 6) is -0.168. The molecule has 1 N–H and O–H groups in total. The molecule has 0 amide bonds. The molecule has 0 saturated heterocycles. The van der Waals surface area contributed by atoms with E-state index in [9.17, 15) is 4.79 Å². The Kier molecular flexibility index (Phi) is 5.04. The largest absolute Gasteiger partial charge is 0.489 e. The van der Waals surface area contributed by atoms with E-state index in [0.29, 0.717) is 17.4 Å². The molecule has 2 aromatic rings. The van der Waals surface area contributed by atoms with Crippen LogP contribution in [0.25, 0.3) is 0 Å². The fraction of sp³-hybridized carbons (Fsp3) is 0.133. The van der Waals surface area contributed by atoms with Crippen molar-refractivity contribution >= 4 is 33.5 Å². The molecule has 0 atom stereocenters. The fourth-order valence-electron chi connectivity index (χ4n) is 1.68. The van der Waals surface area contributed by atoms with E-state index in [1.165, 1.54) is 0 Å². The van der Waals surface area contributed by atoms with Crippen LogP contribution in [-0.4, -0.2) is 11.1 Å². The molecule has 2 rings (SSSR count). The minimum atomic E-state index is -0.847. The second kappa shape index (κ2) is 6.77. The molecule has 0 saturated carbocycles. The van der Waals surface area contributed by atoms with Crippen LogP contribution in [-0.2, 0) is 17.8 Å². The number of ether oxygens (including phenoxy) is 1. The van der Waals surface area contributed by atoms with E-state index in [1.807, 2.05) is 18.2 Å². The summed E-state index contributed by atoms with van der Waals surface area (Å²) < 4.78 is 6.55. The monoisotopic (exact) mass is 354 g/mol. The lowest BCUT2D eigenvalue weighted by Crippen LogP contribution is -2.00. The van der Waals surface area contributed by atoms with Crippen molar-refractivity contribution in [3.63, 3.8) is 0 Å². The number of rotatable bonds is 5. The number of carboxylic acids is 1. The molecule has 0 radical (unpaired) electrons. The highest BCUT2D eigenvalue weighted by Crippen LogP contribution is 2.23. The molecule has 0 aliphatic rings. The van der Waals surface area contributed by atoms with Gasteiger partial charge in [0, 0.05) is 15.1 Å². The second-order valence-electron chi connectivity index (χ2n) is 4.24. The molecule has 0 unspecified atom stereocenters. The highest BCUT2D eigenvalue weighted by Gasteiger charge is 2.04. The van der Waals surface area contributed by atoms with Crippen LogP contribution in [0.1, 0.15) is 11.1 Å². The van der Waals surface area contributed by atoms with Gasteiger partial charge in [-0.15, -0.1) is 0 Å². The van der Waals surface area contributed by atoms with Gasteiger partial charge in [0.15, 0.2) is 0 Å². The van der Waals surface area contributed by atoms with Crippen LogP contribution >= 0.6 is 27.5 Å². The normalized spacial score (nSPS) is 10.3. The molecule has 0 heterocycles. The zero-order chi connectivity index (χ0) is 14.5. The van der Waals surface area contributed by atoms with Crippen LogP contribution in [0.5, 0.6) is 5.75 Å². The van der Waals surface area contributed by atoms with Gasteiger partial charge in [0.25, 0.3) is 0 Å². The summed E-state index contributed by atoms with van der Waals surface area (Å²) in [4.78, 5) is 10.6. The molecule has 104 valence electrons. The summed E-state index contributed by atoms with van der Waals surface area (Å²) in [6, 6.07) is 12.6. The number of hydrogen-bond acceptors (Lipinski definition) is 2. The lowest BCUT2D eigenvalue weighted by molar-refractivity contribution is -0.136. The molecule has 5 heteroatoms. The topological polar surface area (TPSA) is 46.5 Å². The first kappa shape index (κ1) is 14.9. The minimum Gasteiger partial charge on any atom is -0.489 e. The van der Waals surface area contributed by atoms with E-state index >= 15 is 0 Å². The van der Waals surface area contributed by atoms with Gasteiger partial charge in [0.2, 0.25) is 0 Å². The Morgan fingerprint density at radius 3 is 2.50 bits per heavy atom. The Balaban J connectivity index is 1.98. The number of benzene rings is 2. The van der Waals surface area contributed by atoms with E-state index in [1.54, 1.807) is 24.3 Å². The third-order valence-electron chi connectivity index (χ3n) is 2.69. The Hall–Kier alpha value is -1.52. The van der Waals surface area contributed by atoms with Gasteiger partial charge in [-0.2, -0.15) is 0 Å². The van der Waals surface area contributed by atoms with E-state index in [4.69, 9.17) is 21.4 Å². The van der Waals surface area contributed by atoms with Gasteiger partial charge >= 0.3 is 5.97 Å². The number of carbonyl (C=O) groups is 1. The Labute approximate surface area is 130 Å². The zero-order valence-electron chi connectivity index (χ0n) is 10.5. The highest BCUT2D eigenvalue weighted by molar-refractivity contribution is 9.10. The van der Waals surface area contributed by atoms with Crippen molar-refractivity contribution in [1.82, 2.24) is 0 Å². The van der Waals surface area contributed by atoms with Crippen LogP contribution in [0.4, 0.5) is 0 Å². The molecule has 0 aromatic heterocycles. The number of carboxylic acid groups (broad SMARTS) is 1. The second-order valence-corrected chi connectivity index (χ2v) is 5.56. The molecule has 3 nitrogen and oxygen atoms in total. The summed E-state index contributed by atoms with van der Waals surface area (Å²) in [6.07, 6.45) is 0.0127. The van der Waals surface area contributed by atoms with Crippen molar-refractivity contribution < 1.29 is 14.6 Å².